The Kier molecular flexibility index (Phi) is 7.50. The Bertz CT molecular complexity index is 1200. The fourth-order valence-electron chi connectivity index (χ4n) is 3.69. The second-order valence-corrected chi connectivity index (χ2v) is 8.83. The second-order valence-electron chi connectivity index (χ2n) is 7.97. The molecule has 0 unspecified atom stereocenters. The summed E-state index contributed by atoms with van der Waals surface area (Å²) in [7, 11) is 0. The van der Waals surface area contributed by atoms with E-state index in [4.69, 9.17) is 0 Å². The number of halogens is 3. The van der Waals surface area contributed by atoms with E-state index in [2.05, 4.69) is 10.3 Å². The minimum atomic E-state index is -4.39. The van der Waals surface area contributed by atoms with Crippen molar-refractivity contribution in [1.29, 1.82) is 0 Å². The quantitative estimate of drug-likeness (QED) is 0.498. The van der Waals surface area contributed by atoms with Crippen LogP contribution in [0.2, 0.25) is 0 Å². The monoisotopic (exact) mass is 500 g/mol. The fraction of sp³-hybridized carbons (Fsp3) is 0.240. The van der Waals surface area contributed by atoms with Crippen molar-refractivity contribution in [2.24, 2.45) is 0 Å². The van der Waals surface area contributed by atoms with Crippen LogP contribution >= 0.6 is 11.3 Å². The molecule has 1 saturated heterocycles. The predicted molar refractivity (Wildman–Crippen MR) is 130 cm³/mol. The molecule has 1 aromatic heterocycles. The number of carbonyl (C=O) groups excluding carboxylic acids is 2. The van der Waals surface area contributed by atoms with Crippen molar-refractivity contribution in [3.8, 4) is 0 Å². The number of carbonyl (C=O) groups is 2. The number of nitrogens with one attached hydrogen (secondary N) is 1. The van der Waals surface area contributed by atoms with Crippen LogP contribution in [0.15, 0.2) is 66.1 Å². The Morgan fingerprint density at radius 1 is 1.03 bits per heavy atom. The first-order chi connectivity index (χ1) is 16.8. The van der Waals surface area contributed by atoms with E-state index in [-0.39, 0.29) is 18.2 Å². The molecule has 2 amide bonds. The van der Waals surface area contributed by atoms with E-state index < -0.39 is 11.7 Å². The number of piperazine rings is 1. The fourth-order valence-corrected chi connectivity index (χ4v) is 4.40. The molecule has 1 aliphatic heterocycles. The summed E-state index contributed by atoms with van der Waals surface area (Å²) in [6.45, 7) is 1.71. The largest absolute Gasteiger partial charge is 0.416 e. The van der Waals surface area contributed by atoms with Gasteiger partial charge >= 0.3 is 6.18 Å². The summed E-state index contributed by atoms with van der Waals surface area (Å²) in [5, 5.41) is 4.83. The van der Waals surface area contributed by atoms with E-state index in [1.807, 2.05) is 35.2 Å². The summed E-state index contributed by atoms with van der Waals surface area (Å²) in [6, 6.07) is 14.7. The molecular weight excluding hydrogens is 477 g/mol. The van der Waals surface area contributed by atoms with Crippen molar-refractivity contribution >= 4 is 40.0 Å². The van der Waals surface area contributed by atoms with Gasteiger partial charge in [0.25, 0.3) is 0 Å². The number of hydrogen-bond acceptors (Lipinski definition) is 5. The molecule has 0 bridgehead atoms. The molecule has 182 valence electrons. The summed E-state index contributed by atoms with van der Waals surface area (Å²) in [6.07, 6.45) is -1.18. The van der Waals surface area contributed by atoms with Gasteiger partial charge in [-0.05, 0) is 29.8 Å². The molecule has 1 N–H and O–H groups in total. The molecule has 1 fully saturated rings. The molecule has 0 radical (unpaired) electrons. The Labute approximate surface area is 204 Å². The first-order valence-electron chi connectivity index (χ1n) is 11.0. The number of benzene rings is 2. The Hall–Kier alpha value is -3.66. The van der Waals surface area contributed by atoms with Crippen LogP contribution in [0.4, 0.5) is 24.0 Å². The van der Waals surface area contributed by atoms with Crippen LogP contribution in [0.5, 0.6) is 0 Å². The van der Waals surface area contributed by atoms with Gasteiger partial charge < -0.3 is 9.80 Å². The average Bonchev–Trinajstić information content (AvgIpc) is 3.29. The molecule has 0 saturated carbocycles. The lowest BCUT2D eigenvalue weighted by Gasteiger charge is -2.36. The van der Waals surface area contributed by atoms with Crippen LogP contribution in [0, 0.1) is 0 Å². The van der Waals surface area contributed by atoms with E-state index in [0.29, 0.717) is 42.7 Å². The number of thiazole rings is 1. The average molecular weight is 501 g/mol. The first-order valence-corrected chi connectivity index (χ1v) is 11.8. The van der Waals surface area contributed by atoms with E-state index >= 15 is 0 Å². The number of nitrogens with zero attached hydrogens (tertiary/aromatic N) is 3. The Morgan fingerprint density at radius 2 is 1.77 bits per heavy atom. The maximum atomic E-state index is 13.0. The molecule has 1 aliphatic rings. The van der Waals surface area contributed by atoms with Crippen LogP contribution in [0.3, 0.4) is 0 Å². The molecule has 35 heavy (non-hydrogen) atoms. The topological polar surface area (TPSA) is 65.5 Å². The first kappa shape index (κ1) is 24.5. The van der Waals surface area contributed by atoms with Gasteiger partial charge in [0.15, 0.2) is 5.13 Å². The van der Waals surface area contributed by atoms with E-state index in [9.17, 15) is 22.8 Å². The number of aromatic nitrogens is 1. The van der Waals surface area contributed by atoms with Crippen LogP contribution in [-0.4, -0.2) is 47.9 Å². The molecule has 4 rings (SSSR count). The number of hydrogen-bond donors (Lipinski definition) is 1. The molecule has 10 heteroatoms. The third-order valence-electron chi connectivity index (χ3n) is 5.51. The van der Waals surface area contributed by atoms with Gasteiger partial charge in [0.05, 0.1) is 17.7 Å². The van der Waals surface area contributed by atoms with Crippen LogP contribution in [-0.2, 0) is 22.2 Å². The molecule has 2 heterocycles. The third-order valence-corrected chi connectivity index (χ3v) is 6.32. The van der Waals surface area contributed by atoms with E-state index in [1.165, 1.54) is 23.5 Å². The smallest absolute Gasteiger partial charge is 0.368 e. The van der Waals surface area contributed by atoms with Crippen molar-refractivity contribution in [1.82, 2.24) is 9.88 Å². The molecular formula is C25H23F3N4O2S. The van der Waals surface area contributed by atoms with Crippen molar-refractivity contribution in [3.63, 3.8) is 0 Å². The van der Waals surface area contributed by atoms with Crippen molar-refractivity contribution < 1.29 is 22.8 Å². The standard InChI is InChI=1S/C25H23F3N4O2S/c26-25(27,28)19-7-4-8-21(15-19)31-11-13-32(14-12-31)23(34)16-20-17-35-24(29-20)30-22(33)10-9-18-5-2-1-3-6-18/h1-10,15,17H,11-14,16H2,(H,29,30,33)/b10-9+. The zero-order chi connectivity index (χ0) is 24.8. The number of anilines is 2. The van der Waals surface area contributed by atoms with E-state index in [0.717, 1.165) is 17.7 Å². The molecule has 0 atom stereocenters. The van der Waals surface area contributed by atoms with Crippen molar-refractivity contribution in [2.75, 3.05) is 36.4 Å². The maximum absolute atomic E-state index is 13.0. The van der Waals surface area contributed by atoms with Crippen molar-refractivity contribution in [3.05, 3.63) is 82.9 Å². The van der Waals surface area contributed by atoms with Gasteiger partial charge in [-0.15, -0.1) is 11.3 Å². The molecule has 0 spiro atoms. The third kappa shape index (κ3) is 6.69. The molecule has 6 nitrogen and oxygen atoms in total. The Balaban J connectivity index is 1.27. The number of rotatable bonds is 6. The lowest BCUT2D eigenvalue weighted by molar-refractivity contribution is -0.137. The SMILES string of the molecule is O=C(/C=C/c1ccccc1)Nc1nc(CC(=O)N2CCN(c3cccc(C(F)(F)F)c3)CC2)cs1. The van der Waals surface area contributed by atoms with Crippen molar-refractivity contribution in [2.45, 2.75) is 12.6 Å². The minimum absolute atomic E-state index is 0.0930. The number of amides is 2. The highest BCUT2D eigenvalue weighted by molar-refractivity contribution is 7.14. The van der Waals surface area contributed by atoms with Crippen LogP contribution in [0.1, 0.15) is 16.8 Å². The summed E-state index contributed by atoms with van der Waals surface area (Å²) in [4.78, 5) is 32.7. The maximum Gasteiger partial charge on any atom is 0.416 e. The highest BCUT2D eigenvalue weighted by Crippen LogP contribution is 2.32. The lowest BCUT2D eigenvalue weighted by atomic mass is 10.1. The normalized spacial score (nSPS) is 14.4. The Morgan fingerprint density at radius 3 is 2.49 bits per heavy atom. The van der Waals surface area contributed by atoms with Gasteiger partial charge in [0.1, 0.15) is 0 Å². The highest BCUT2D eigenvalue weighted by atomic mass is 32.1. The van der Waals surface area contributed by atoms with E-state index in [1.54, 1.807) is 22.4 Å². The van der Waals surface area contributed by atoms with Gasteiger partial charge in [0, 0.05) is 43.3 Å². The minimum Gasteiger partial charge on any atom is -0.368 e. The van der Waals surface area contributed by atoms with Crippen LogP contribution < -0.4 is 10.2 Å². The highest BCUT2D eigenvalue weighted by Gasteiger charge is 2.31. The number of alkyl halides is 3. The van der Waals surface area contributed by atoms with Gasteiger partial charge in [-0.25, -0.2) is 4.98 Å². The molecule has 0 aliphatic carbocycles. The zero-order valence-corrected chi connectivity index (χ0v) is 19.5. The van der Waals surface area contributed by atoms with Gasteiger partial charge in [-0.2, -0.15) is 13.2 Å². The summed E-state index contributed by atoms with van der Waals surface area (Å²) < 4.78 is 39.0. The summed E-state index contributed by atoms with van der Waals surface area (Å²) in [5.41, 5.74) is 1.27. The van der Waals surface area contributed by atoms with Gasteiger partial charge in [0.2, 0.25) is 11.8 Å². The lowest BCUT2D eigenvalue weighted by Crippen LogP contribution is -2.49. The van der Waals surface area contributed by atoms with Gasteiger partial charge in [-0.3, -0.25) is 14.9 Å². The molecule has 2 aromatic carbocycles. The summed E-state index contributed by atoms with van der Waals surface area (Å²) >= 11 is 1.24. The predicted octanol–water partition coefficient (Wildman–Crippen LogP) is 4.71. The van der Waals surface area contributed by atoms with Crippen LogP contribution in [0.25, 0.3) is 6.08 Å². The molecule has 3 aromatic rings. The zero-order valence-electron chi connectivity index (χ0n) is 18.7. The van der Waals surface area contributed by atoms with Gasteiger partial charge in [-0.1, -0.05) is 36.4 Å². The second kappa shape index (κ2) is 10.7. The summed E-state index contributed by atoms with van der Waals surface area (Å²) in [5.74, 6) is -0.423.